The molecule has 0 saturated carbocycles. The number of hydrogen-bond donors (Lipinski definition) is 1. The molecule has 0 aliphatic heterocycles. The molecule has 0 fully saturated rings. The summed E-state index contributed by atoms with van der Waals surface area (Å²) in [5.41, 5.74) is 3.56. The minimum Gasteiger partial charge on any atom is -0.457 e. The van der Waals surface area contributed by atoms with E-state index in [0.29, 0.717) is 0 Å². The van der Waals surface area contributed by atoms with Crippen LogP contribution in [0.3, 0.4) is 0 Å². The maximum atomic E-state index is 6.27. The molecule has 0 amide bonds. The molecule has 106 valence electrons. The van der Waals surface area contributed by atoms with Crippen molar-refractivity contribution in [2.24, 2.45) is 0 Å². The van der Waals surface area contributed by atoms with E-state index in [4.69, 9.17) is 16.3 Å². The van der Waals surface area contributed by atoms with Crippen molar-refractivity contribution < 1.29 is 4.74 Å². The van der Waals surface area contributed by atoms with E-state index in [1.165, 1.54) is 11.1 Å². The number of hydrogen-bond acceptors (Lipinski definition) is 2. The molecular weight excluding hydrogens is 270 g/mol. The highest BCUT2D eigenvalue weighted by molar-refractivity contribution is 6.31. The summed E-state index contributed by atoms with van der Waals surface area (Å²) < 4.78 is 5.85. The van der Waals surface area contributed by atoms with Gasteiger partial charge < -0.3 is 10.1 Å². The van der Waals surface area contributed by atoms with Crippen molar-refractivity contribution in [1.29, 1.82) is 0 Å². The zero-order valence-corrected chi connectivity index (χ0v) is 12.9. The number of aryl methyl sites for hydroxylation is 2. The maximum absolute atomic E-state index is 6.27. The van der Waals surface area contributed by atoms with Crippen LogP contribution in [0.2, 0.25) is 5.02 Å². The van der Waals surface area contributed by atoms with Gasteiger partial charge in [-0.3, -0.25) is 0 Å². The van der Waals surface area contributed by atoms with E-state index >= 15 is 0 Å². The lowest BCUT2D eigenvalue weighted by Gasteiger charge is -2.10. The van der Waals surface area contributed by atoms with Crippen molar-refractivity contribution in [1.82, 2.24) is 5.32 Å². The summed E-state index contributed by atoms with van der Waals surface area (Å²) in [6, 6.07) is 11.9. The summed E-state index contributed by atoms with van der Waals surface area (Å²) in [6.45, 7) is 7.95. The summed E-state index contributed by atoms with van der Waals surface area (Å²) in [5, 5.41) is 3.99. The first-order valence-corrected chi connectivity index (χ1v) is 7.22. The molecule has 2 aromatic rings. The van der Waals surface area contributed by atoms with E-state index in [1.54, 1.807) is 0 Å². The highest BCUT2D eigenvalue weighted by Gasteiger charge is 2.04. The van der Waals surface area contributed by atoms with Crippen LogP contribution in [0, 0.1) is 13.8 Å². The first-order valence-electron chi connectivity index (χ1n) is 6.84. The Bertz CT molecular complexity index is 596. The van der Waals surface area contributed by atoms with Crippen LogP contribution >= 0.6 is 11.6 Å². The van der Waals surface area contributed by atoms with E-state index in [9.17, 15) is 0 Å². The van der Waals surface area contributed by atoms with Gasteiger partial charge >= 0.3 is 0 Å². The minimum atomic E-state index is 0.729. The van der Waals surface area contributed by atoms with E-state index in [-0.39, 0.29) is 0 Å². The topological polar surface area (TPSA) is 21.3 Å². The first kappa shape index (κ1) is 14.9. The van der Waals surface area contributed by atoms with Gasteiger partial charge in [0.1, 0.15) is 11.5 Å². The summed E-state index contributed by atoms with van der Waals surface area (Å²) >= 11 is 6.27. The van der Waals surface area contributed by atoms with Gasteiger partial charge in [0.15, 0.2) is 0 Å². The number of rotatable bonds is 5. The first-order chi connectivity index (χ1) is 9.60. The van der Waals surface area contributed by atoms with Crippen LogP contribution in [0.5, 0.6) is 11.5 Å². The third kappa shape index (κ3) is 3.75. The predicted octanol–water partition coefficient (Wildman–Crippen LogP) is 4.86. The van der Waals surface area contributed by atoms with Gasteiger partial charge in [-0.15, -0.1) is 0 Å². The summed E-state index contributed by atoms with van der Waals surface area (Å²) in [6.07, 6.45) is 0. The lowest BCUT2D eigenvalue weighted by Crippen LogP contribution is -2.11. The van der Waals surface area contributed by atoms with Crippen LogP contribution < -0.4 is 10.1 Å². The Morgan fingerprint density at radius 2 is 1.70 bits per heavy atom. The Hall–Kier alpha value is -1.51. The monoisotopic (exact) mass is 289 g/mol. The van der Waals surface area contributed by atoms with Gasteiger partial charge in [-0.05, 0) is 61.3 Å². The molecule has 0 unspecified atom stereocenters. The van der Waals surface area contributed by atoms with Gasteiger partial charge in [-0.25, -0.2) is 0 Å². The fraction of sp³-hybridized carbons (Fsp3) is 0.294. The fourth-order valence-electron chi connectivity index (χ4n) is 1.91. The molecule has 0 atom stereocenters. The Morgan fingerprint density at radius 3 is 2.35 bits per heavy atom. The number of ether oxygens (including phenoxy) is 1. The SMILES string of the molecule is CCNCc1ccc(Oc2ccc(C)c(C)c2)cc1Cl. The second-order valence-corrected chi connectivity index (χ2v) is 5.29. The molecule has 0 heterocycles. The van der Waals surface area contributed by atoms with Crippen molar-refractivity contribution in [2.45, 2.75) is 27.3 Å². The molecule has 3 heteroatoms. The Kier molecular flexibility index (Phi) is 5.05. The molecule has 2 aromatic carbocycles. The van der Waals surface area contributed by atoms with Crippen LogP contribution in [-0.2, 0) is 6.54 Å². The van der Waals surface area contributed by atoms with Crippen LogP contribution in [0.15, 0.2) is 36.4 Å². The molecule has 0 bridgehead atoms. The van der Waals surface area contributed by atoms with Gasteiger partial charge in [-0.1, -0.05) is 30.7 Å². The average molecular weight is 290 g/mol. The molecule has 2 rings (SSSR count). The summed E-state index contributed by atoms with van der Waals surface area (Å²) in [4.78, 5) is 0. The normalized spacial score (nSPS) is 10.6. The third-order valence-electron chi connectivity index (χ3n) is 3.30. The second-order valence-electron chi connectivity index (χ2n) is 4.88. The summed E-state index contributed by atoms with van der Waals surface area (Å²) in [5.74, 6) is 1.60. The fourth-order valence-corrected chi connectivity index (χ4v) is 2.15. The molecule has 0 radical (unpaired) electrons. The molecule has 0 spiro atoms. The lowest BCUT2D eigenvalue weighted by atomic mass is 10.1. The molecule has 20 heavy (non-hydrogen) atoms. The Balaban J connectivity index is 2.13. The van der Waals surface area contributed by atoms with Crippen molar-refractivity contribution in [3.63, 3.8) is 0 Å². The molecule has 0 aliphatic rings. The van der Waals surface area contributed by atoms with E-state index in [0.717, 1.165) is 35.2 Å². The van der Waals surface area contributed by atoms with Crippen LogP contribution in [0.1, 0.15) is 23.6 Å². The van der Waals surface area contributed by atoms with Crippen molar-refractivity contribution in [3.8, 4) is 11.5 Å². The van der Waals surface area contributed by atoms with Crippen molar-refractivity contribution in [2.75, 3.05) is 6.54 Å². The highest BCUT2D eigenvalue weighted by atomic mass is 35.5. The molecule has 0 aliphatic carbocycles. The maximum Gasteiger partial charge on any atom is 0.128 e. The lowest BCUT2D eigenvalue weighted by molar-refractivity contribution is 0.482. The van der Waals surface area contributed by atoms with Gasteiger partial charge in [0.25, 0.3) is 0 Å². The van der Waals surface area contributed by atoms with Crippen LogP contribution in [0.25, 0.3) is 0 Å². The zero-order chi connectivity index (χ0) is 14.5. The number of halogens is 1. The zero-order valence-electron chi connectivity index (χ0n) is 12.2. The van der Waals surface area contributed by atoms with Gasteiger partial charge in [0.05, 0.1) is 0 Å². The minimum absolute atomic E-state index is 0.729. The molecule has 1 N–H and O–H groups in total. The largest absolute Gasteiger partial charge is 0.457 e. The van der Waals surface area contributed by atoms with E-state index in [2.05, 4.69) is 32.2 Å². The van der Waals surface area contributed by atoms with Crippen LogP contribution in [-0.4, -0.2) is 6.54 Å². The van der Waals surface area contributed by atoms with Crippen molar-refractivity contribution >= 4 is 11.6 Å². The van der Waals surface area contributed by atoms with E-state index < -0.39 is 0 Å². The predicted molar refractivity (Wildman–Crippen MR) is 84.8 cm³/mol. The molecule has 2 nitrogen and oxygen atoms in total. The third-order valence-corrected chi connectivity index (χ3v) is 3.66. The van der Waals surface area contributed by atoms with Crippen LogP contribution in [0.4, 0.5) is 0 Å². The number of benzene rings is 2. The van der Waals surface area contributed by atoms with E-state index in [1.807, 2.05) is 30.3 Å². The summed E-state index contributed by atoms with van der Waals surface area (Å²) in [7, 11) is 0. The molecule has 0 saturated heterocycles. The highest BCUT2D eigenvalue weighted by Crippen LogP contribution is 2.27. The number of nitrogens with one attached hydrogen (secondary N) is 1. The Labute approximate surface area is 125 Å². The van der Waals surface area contributed by atoms with Gasteiger partial charge in [0.2, 0.25) is 0 Å². The quantitative estimate of drug-likeness (QED) is 0.849. The molecule has 0 aromatic heterocycles. The average Bonchev–Trinajstić information content (AvgIpc) is 2.42. The smallest absolute Gasteiger partial charge is 0.128 e. The van der Waals surface area contributed by atoms with Crippen molar-refractivity contribution in [3.05, 3.63) is 58.1 Å². The molecular formula is C17H20ClNO. The standard InChI is InChI=1S/C17H20ClNO/c1-4-19-11-14-6-8-16(10-17(14)18)20-15-7-5-12(2)13(3)9-15/h5-10,19H,4,11H2,1-3H3. The van der Waals surface area contributed by atoms with Gasteiger partial charge in [-0.2, -0.15) is 0 Å². The van der Waals surface area contributed by atoms with Gasteiger partial charge in [0, 0.05) is 11.6 Å². The Morgan fingerprint density at radius 1 is 1.00 bits per heavy atom. The second kappa shape index (κ2) is 6.78.